The number of hydrogen-bond acceptors (Lipinski definition) is 5. The van der Waals surface area contributed by atoms with Crippen molar-refractivity contribution >= 4 is 17.5 Å². The van der Waals surface area contributed by atoms with Crippen LogP contribution in [-0.2, 0) is 17.6 Å². The molecule has 4 rings (SSSR count). The van der Waals surface area contributed by atoms with E-state index in [1.165, 1.54) is 0 Å². The second kappa shape index (κ2) is 7.86. The van der Waals surface area contributed by atoms with Gasteiger partial charge in [0.1, 0.15) is 11.1 Å². The zero-order valence-electron chi connectivity index (χ0n) is 21.0. The third-order valence-corrected chi connectivity index (χ3v) is 6.34. The number of methoxy groups -OCH3 is 1. The van der Waals surface area contributed by atoms with Crippen LogP contribution in [0.3, 0.4) is 0 Å². The number of primary amides is 1. The Morgan fingerprint density at radius 3 is 2.50 bits per heavy atom. The number of nitrogens with one attached hydrogen (secondary N) is 1. The van der Waals surface area contributed by atoms with E-state index in [-0.39, 0.29) is 17.0 Å². The second-order valence-corrected chi connectivity index (χ2v) is 10.9. The molecule has 2 aliphatic heterocycles. The summed E-state index contributed by atoms with van der Waals surface area (Å²) in [6, 6.07) is 9.37. The van der Waals surface area contributed by atoms with Gasteiger partial charge in [0.15, 0.2) is 11.5 Å². The maximum atomic E-state index is 12.9. The van der Waals surface area contributed by atoms with E-state index in [0.29, 0.717) is 5.56 Å². The molecule has 0 atom stereocenters. The fraction of sp³-hybridized carbons (Fsp3) is 0.444. The highest BCUT2D eigenvalue weighted by molar-refractivity contribution is 6.17. The Balaban J connectivity index is 1.84. The van der Waals surface area contributed by atoms with E-state index >= 15 is 0 Å². The fourth-order valence-electron chi connectivity index (χ4n) is 4.66. The van der Waals surface area contributed by atoms with Crippen LogP contribution in [0.15, 0.2) is 35.3 Å². The lowest BCUT2D eigenvalue weighted by Gasteiger charge is -2.31. The monoisotopic (exact) mass is 463 g/mol. The topological polar surface area (TPSA) is 103 Å². The van der Waals surface area contributed by atoms with Gasteiger partial charge in [0, 0.05) is 28.7 Å². The Bertz CT molecular complexity index is 1220. The minimum absolute atomic E-state index is 0.331. The smallest absolute Gasteiger partial charge is 0.252 e. The number of nitrogens with two attached hydrogens (primary N) is 1. The molecule has 2 aromatic carbocycles. The van der Waals surface area contributed by atoms with Crippen LogP contribution in [-0.4, -0.2) is 41.3 Å². The first-order valence-corrected chi connectivity index (χ1v) is 11.5. The number of hydrogen-bond donors (Lipinski definition) is 2. The fourth-order valence-corrected chi connectivity index (χ4v) is 4.66. The van der Waals surface area contributed by atoms with E-state index < -0.39 is 11.4 Å². The van der Waals surface area contributed by atoms with Crippen molar-refractivity contribution in [2.45, 2.75) is 71.1 Å². The molecule has 0 unspecified atom stereocenters. The molecule has 0 aromatic heterocycles. The number of amides is 2. The molecule has 2 amide bonds. The summed E-state index contributed by atoms with van der Waals surface area (Å²) in [6.45, 7) is 11.5. The van der Waals surface area contributed by atoms with Gasteiger partial charge < -0.3 is 20.5 Å². The average Bonchev–Trinajstić information content (AvgIpc) is 3.06. The van der Waals surface area contributed by atoms with E-state index in [4.69, 9.17) is 20.2 Å². The Labute approximate surface area is 200 Å². The molecule has 7 heteroatoms. The largest absolute Gasteiger partial charge is 0.493 e. The molecule has 0 fully saturated rings. The zero-order chi connectivity index (χ0) is 25.1. The highest BCUT2D eigenvalue weighted by Gasteiger charge is 2.39. The molecule has 0 saturated heterocycles. The van der Waals surface area contributed by atoms with Crippen molar-refractivity contribution < 1.29 is 19.1 Å². The quantitative estimate of drug-likeness (QED) is 0.707. The third-order valence-electron chi connectivity index (χ3n) is 6.34. The van der Waals surface area contributed by atoms with Crippen LogP contribution in [0, 0.1) is 0 Å². The van der Waals surface area contributed by atoms with Crippen molar-refractivity contribution in [2.24, 2.45) is 10.7 Å². The van der Waals surface area contributed by atoms with Crippen LogP contribution in [0.5, 0.6) is 11.5 Å². The van der Waals surface area contributed by atoms with Gasteiger partial charge >= 0.3 is 0 Å². The normalized spacial score (nSPS) is 17.7. The third kappa shape index (κ3) is 4.27. The van der Waals surface area contributed by atoms with E-state index in [9.17, 15) is 9.59 Å². The van der Waals surface area contributed by atoms with Gasteiger partial charge in [0.25, 0.3) is 5.91 Å². The minimum Gasteiger partial charge on any atom is -0.493 e. The summed E-state index contributed by atoms with van der Waals surface area (Å²) in [5.41, 5.74) is 8.95. The van der Waals surface area contributed by atoms with Crippen LogP contribution in [0.1, 0.15) is 74.2 Å². The van der Waals surface area contributed by atoms with E-state index in [2.05, 4.69) is 39.1 Å². The van der Waals surface area contributed by atoms with E-state index in [1.54, 1.807) is 27.0 Å². The SMILES string of the molecule is COc1cc2c(c3c1OC(C)(C)C3)C(c1cccc(C(=O)NC(C)(C)C(N)=O)c1)=NC(C)(C)C2. The molecule has 2 aromatic rings. The number of aliphatic imine (C=N–C) groups is 1. The predicted octanol–water partition coefficient (Wildman–Crippen LogP) is 3.57. The Kier molecular flexibility index (Phi) is 5.50. The lowest BCUT2D eigenvalue weighted by Crippen LogP contribution is -2.53. The number of ether oxygens (including phenoxy) is 2. The number of fused-ring (bicyclic) bond motifs is 3. The highest BCUT2D eigenvalue weighted by Crippen LogP contribution is 2.47. The van der Waals surface area contributed by atoms with Gasteiger partial charge in [0.2, 0.25) is 5.91 Å². The van der Waals surface area contributed by atoms with Crippen molar-refractivity contribution in [3.63, 3.8) is 0 Å². The average molecular weight is 464 g/mol. The Morgan fingerprint density at radius 2 is 1.85 bits per heavy atom. The zero-order valence-corrected chi connectivity index (χ0v) is 21.0. The van der Waals surface area contributed by atoms with Crippen LogP contribution in [0.4, 0.5) is 0 Å². The van der Waals surface area contributed by atoms with Crippen molar-refractivity contribution in [3.05, 3.63) is 58.1 Å². The van der Waals surface area contributed by atoms with Crippen LogP contribution in [0.25, 0.3) is 0 Å². The standard InChI is InChI=1S/C27H33N3O4/c1-25(2)13-17-12-19(33-7)22-18(14-26(3,4)34-22)20(17)21(29-25)15-9-8-10-16(11-15)23(31)30-27(5,6)24(28)32/h8-12H,13-14H2,1-7H3,(H2,28,32)(H,30,31). The van der Waals surface area contributed by atoms with Gasteiger partial charge in [-0.3, -0.25) is 14.6 Å². The number of nitrogens with zero attached hydrogens (tertiary/aromatic N) is 1. The molecule has 0 aliphatic carbocycles. The first kappa shape index (κ1) is 23.8. The molecule has 180 valence electrons. The van der Waals surface area contributed by atoms with Gasteiger partial charge in [-0.1, -0.05) is 12.1 Å². The molecule has 34 heavy (non-hydrogen) atoms. The lowest BCUT2D eigenvalue weighted by molar-refractivity contribution is -0.122. The van der Waals surface area contributed by atoms with E-state index in [1.807, 2.05) is 18.2 Å². The van der Waals surface area contributed by atoms with Crippen LogP contribution >= 0.6 is 0 Å². The first-order chi connectivity index (χ1) is 15.7. The summed E-state index contributed by atoms with van der Waals surface area (Å²) in [5.74, 6) is 0.524. The van der Waals surface area contributed by atoms with Crippen molar-refractivity contribution in [2.75, 3.05) is 7.11 Å². The van der Waals surface area contributed by atoms with Gasteiger partial charge in [-0.15, -0.1) is 0 Å². The molecule has 3 N–H and O–H groups in total. The summed E-state index contributed by atoms with van der Waals surface area (Å²) in [4.78, 5) is 29.7. The van der Waals surface area contributed by atoms with Crippen molar-refractivity contribution in [1.29, 1.82) is 0 Å². The van der Waals surface area contributed by atoms with E-state index in [0.717, 1.165) is 52.3 Å². The summed E-state index contributed by atoms with van der Waals surface area (Å²) < 4.78 is 12.0. The summed E-state index contributed by atoms with van der Waals surface area (Å²) in [6.07, 6.45) is 1.50. The summed E-state index contributed by atoms with van der Waals surface area (Å²) >= 11 is 0. The predicted molar refractivity (Wildman–Crippen MR) is 132 cm³/mol. The maximum Gasteiger partial charge on any atom is 0.252 e. The number of carbonyl (C=O) groups is 2. The molecule has 2 aliphatic rings. The highest BCUT2D eigenvalue weighted by atomic mass is 16.5. The first-order valence-electron chi connectivity index (χ1n) is 11.5. The molecule has 0 bridgehead atoms. The molecule has 7 nitrogen and oxygen atoms in total. The summed E-state index contributed by atoms with van der Waals surface area (Å²) in [5, 5.41) is 2.72. The Hall–Kier alpha value is -3.35. The second-order valence-electron chi connectivity index (χ2n) is 10.9. The van der Waals surface area contributed by atoms with Gasteiger partial charge in [-0.2, -0.15) is 0 Å². The van der Waals surface area contributed by atoms with Gasteiger partial charge in [0.05, 0.1) is 18.4 Å². The molecule has 0 saturated carbocycles. The van der Waals surface area contributed by atoms with Crippen molar-refractivity contribution in [3.8, 4) is 11.5 Å². The van der Waals surface area contributed by atoms with Gasteiger partial charge in [-0.25, -0.2) is 0 Å². The van der Waals surface area contributed by atoms with Crippen LogP contribution in [0.2, 0.25) is 0 Å². The van der Waals surface area contributed by atoms with Crippen molar-refractivity contribution in [1.82, 2.24) is 5.32 Å². The lowest BCUT2D eigenvalue weighted by atomic mass is 9.80. The number of benzene rings is 2. The number of carbonyl (C=O) groups excluding carboxylic acids is 2. The molecule has 0 spiro atoms. The minimum atomic E-state index is -1.16. The van der Waals surface area contributed by atoms with Gasteiger partial charge in [-0.05, 0) is 71.7 Å². The number of rotatable bonds is 5. The molecular weight excluding hydrogens is 430 g/mol. The molecular formula is C27H33N3O4. The Morgan fingerprint density at radius 1 is 1.15 bits per heavy atom. The molecule has 0 radical (unpaired) electrons. The summed E-state index contributed by atoms with van der Waals surface area (Å²) in [7, 11) is 1.66. The van der Waals surface area contributed by atoms with Crippen LogP contribution < -0.4 is 20.5 Å². The molecule has 2 heterocycles. The maximum absolute atomic E-state index is 12.9.